The number of nitrogens with zero attached hydrogens (tertiary/aromatic N) is 2. The maximum absolute atomic E-state index is 11.0. The van der Waals surface area contributed by atoms with Gasteiger partial charge in [0, 0.05) is 23.2 Å². The van der Waals surface area contributed by atoms with Crippen LogP contribution in [-0.4, -0.2) is 16.3 Å². The lowest BCUT2D eigenvalue weighted by atomic mass is 10.0. The summed E-state index contributed by atoms with van der Waals surface area (Å²) in [6.07, 6.45) is 1.65. The lowest BCUT2D eigenvalue weighted by Crippen LogP contribution is -1.99. The fraction of sp³-hybridized carbons (Fsp3) is 0.214. The second-order valence-corrected chi connectivity index (χ2v) is 3.87. The lowest BCUT2D eigenvalue weighted by Gasteiger charge is -2.06. The molecule has 0 saturated heterocycles. The SMILES string of the molecule is CCc1nc(C)cc(-c2ccccc2C=O)n1. The summed E-state index contributed by atoms with van der Waals surface area (Å²) in [5.41, 5.74) is 3.26. The van der Waals surface area contributed by atoms with E-state index in [-0.39, 0.29) is 0 Å². The zero-order chi connectivity index (χ0) is 12.3. The molecule has 17 heavy (non-hydrogen) atoms. The highest BCUT2D eigenvalue weighted by molar-refractivity contribution is 5.86. The van der Waals surface area contributed by atoms with Crippen LogP contribution in [0, 0.1) is 6.92 Å². The maximum atomic E-state index is 11.0. The molecule has 0 aliphatic rings. The van der Waals surface area contributed by atoms with Gasteiger partial charge < -0.3 is 0 Å². The van der Waals surface area contributed by atoms with Gasteiger partial charge in [-0.15, -0.1) is 0 Å². The third kappa shape index (κ3) is 2.38. The minimum absolute atomic E-state index is 0.660. The fourth-order valence-corrected chi connectivity index (χ4v) is 1.76. The zero-order valence-corrected chi connectivity index (χ0v) is 9.97. The van der Waals surface area contributed by atoms with Crippen molar-refractivity contribution >= 4 is 6.29 Å². The molecule has 0 aliphatic carbocycles. The van der Waals surface area contributed by atoms with Crippen molar-refractivity contribution in [3.05, 3.63) is 47.4 Å². The van der Waals surface area contributed by atoms with E-state index in [0.29, 0.717) is 5.56 Å². The number of benzene rings is 1. The van der Waals surface area contributed by atoms with E-state index in [4.69, 9.17) is 0 Å². The molecule has 0 bridgehead atoms. The van der Waals surface area contributed by atoms with Gasteiger partial charge >= 0.3 is 0 Å². The molecule has 2 aromatic rings. The van der Waals surface area contributed by atoms with Crippen LogP contribution in [0.25, 0.3) is 11.3 Å². The maximum Gasteiger partial charge on any atom is 0.150 e. The summed E-state index contributed by atoms with van der Waals surface area (Å²) in [5, 5.41) is 0. The Morgan fingerprint density at radius 3 is 2.71 bits per heavy atom. The Labute approximate surface area is 101 Å². The predicted molar refractivity (Wildman–Crippen MR) is 67.0 cm³/mol. The van der Waals surface area contributed by atoms with Crippen LogP contribution in [0.4, 0.5) is 0 Å². The summed E-state index contributed by atoms with van der Waals surface area (Å²) in [6.45, 7) is 3.96. The Balaban J connectivity index is 2.59. The first-order chi connectivity index (χ1) is 8.24. The van der Waals surface area contributed by atoms with Gasteiger partial charge in [-0.1, -0.05) is 31.2 Å². The highest BCUT2D eigenvalue weighted by atomic mass is 16.1. The Kier molecular flexibility index (Phi) is 3.28. The molecule has 1 aromatic carbocycles. The average Bonchev–Trinajstić information content (AvgIpc) is 2.37. The number of rotatable bonds is 3. The first-order valence-electron chi connectivity index (χ1n) is 5.63. The smallest absolute Gasteiger partial charge is 0.150 e. The highest BCUT2D eigenvalue weighted by Gasteiger charge is 2.07. The van der Waals surface area contributed by atoms with Crippen molar-refractivity contribution in [2.45, 2.75) is 20.3 Å². The lowest BCUT2D eigenvalue weighted by molar-refractivity contribution is 0.112. The second-order valence-electron chi connectivity index (χ2n) is 3.87. The van der Waals surface area contributed by atoms with Crippen molar-refractivity contribution in [1.82, 2.24) is 9.97 Å². The van der Waals surface area contributed by atoms with Crippen LogP contribution in [0.2, 0.25) is 0 Å². The molecule has 0 spiro atoms. The fourth-order valence-electron chi connectivity index (χ4n) is 1.76. The molecule has 86 valence electrons. The quantitative estimate of drug-likeness (QED) is 0.756. The van der Waals surface area contributed by atoms with Gasteiger partial charge in [0.15, 0.2) is 6.29 Å². The third-order valence-electron chi connectivity index (χ3n) is 2.58. The van der Waals surface area contributed by atoms with E-state index in [1.54, 1.807) is 6.07 Å². The summed E-state index contributed by atoms with van der Waals surface area (Å²) in [4.78, 5) is 19.8. The normalized spacial score (nSPS) is 10.2. The molecule has 3 nitrogen and oxygen atoms in total. The molecule has 3 heteroatoms. The number of aryl methyl sites for hydroxylation is 2. The molecule has 0 amide bonds. The Bertz CT molecular complexity index is 550. The van der Waals surface area contributed by atoms with Crippen LogP contribution in [0.5, 0.6) is 0 Å². The molecule has 0 aliphatic heterocycles. The van der Waals surface area contributed by atoms with Gasteiger partial charge in [-0.05, 0) is 13.0 Å². The topological polar surface area (TPSA) is 42.9 Å². The van der Waals surface area contributed by atoms with Gasteiger partial charge in [0.1, 0.15) is 5.82 Å². The number of aldehydes is 1. The third-order valence-corrected chi connectivity index (χ3v) is 2.58. The van der Waals surface area contributed by atoms with Crippen molar-refractivity contribution in [1.29, 1.82) is 0 Å². The van der Waals surface area contributed by atoms with Gasteiger partial charge in [0.05, 0.1) is 5.69 Å². The van der Waals surface area contributed by atoms with Crippen molar-refractivity contribution in [3.63, 3.8) is 0 Å². The van der Waals surface area contributed by atoms with Gasteiger partial charge in [0.25, 0.3) is 0 Å². The van der Waals surface area contributed by atoms with E-state index in [9.17, 15) is 4.79 Å². The van der Waals surface area contributed by atoms with E-state index in [2.05, 4.69) is 9.97 Å². The summed E-state index contributed by atoms with van der Waals surface area (Å²) < 4.78 is 0. The molecule has 0 fully saturated rings. The highest BCUT2D eigenvalue weighted by Crippen LogP contribution is 2.21. The van der Waals surface area contributed by atoms with Gasteiger partial charge in [-0.3, -0.25) is 4.79 Å². The molecule has 0 N–H and O–H groups in total. The monoisotopic (exact) mass is 226 g/mol. The van der Waals surface area contributed by atoms with Crippen LogP contribution >= 0.6 is 0 Å². The number of aromatic nitrogens is 2. The first-order valence-corrected chi connectivity index (χ1v) is 5.63. The molecule has 0 atom stereocenters. The molecular formula is C14H14N2O. The van der Waals surface area contributed by atoms with E-state index < -0.39 is 0 Å². The molecule has 0 radical (unpaired) electrons. The summed E-state index contributed by atoms with van der Waals surface area (Å²) in [7, 11) is 0. The second kappa shape index (κ2) is 4.87. The van der Waals surface area contributed by atoms with E-state index in [0.717, 1.165) is 35.5 Å². The van der Waals surface area contributed by atoms with Gasteiger partial charge in [0.2, 0.25) is 0 Å². The van der Waals surface area contributed by atoms with Crippen LogP contribution in [0.1, 0.15) is 28.8 Å². The van der Waals surface area contributed by atoms with E-state index >= 15 is 0 Å². The van der Waals surface area contributed by atoms with Crippen LogP contribution in [0.3, 0.4) is 0 Å². The van der Waals surface area contributed by atoms with Gasteiger partial charge in [-0.2, -0.15) is 0 Å². The minimum Gasteiger partial charge on any atom is -0.298 e. The summed E-state index contributed by atoms with van der Waals surface area (Å²) in [5.74, 6) is 0.806. The van der Waals surface area contributed by atoms with Crippen molar-refractivity contribution in [2.24, 2.45) is 0 Å². The molecular weight excluding hydrogens is 212 g/mol. The standard InChI is InChI=1S/C14H14N2O/c1-3-14-15-10(2)8-13(16-14)12-7-5-4-6-11(12)9-17/h4-9H,3H2,1-2H3. The van der Waals surface area contributed by atoms with Crippen LogP contribution in [0.15, 0.2) is 30.3 Å². The molecule has 1 heterocycles. The minimum atomic E-state index is 0.660. The summed E-state index contributed by atoms with van der Waals surface area (Å²) >= 11 is 0. The van der Waals surface area contributed by atoms with Crippen molar-refractivity contribution in [2.75, 3.05) is 0 Å². The first kappa shape index (κ1) is 11.5. The number of carbonyl (C=O) groups is 1. The number of hydrogen-bond acceptors (Lipinski definition) is 3. The number of hydrogen-bond donors (Lipinski definition) is 0. The van der Waals surface area contributed by atoms with E-state index in [1.807, 2.05) is 38.1 Å². The molecule has 0 saturated carbocycles. The van der Waals surface area contributed by atoms with Crippen LogP contribution in [-0.2, 0) is 6.42 Å². The largest absolute Gasteiger partial charge is 0.298 e. The van der Waals surface area contributed by atoms with Crippen LogP contribution < -0.4 is 0 Å². The Morgan fingerprint density at radius 2 is 2.00 bits per heavy atom. The number of carbonyl (C=O) groups excluding carboxylic acids is 1. The van der Waals surface area contributed by atoms with Crippen molar-refractivity contribution < 1.29 is 4.79 Å². The molecule has 0 unspecified atom stereocenters. The molecule has 1 aromatic heterocycles. The zero-order valence-electron chi connectivity index (χ0n) is 9.97. The Hall–Kier alpha value is -2.03. The van der Waals surface area contributed by atoms with Gasteiger partial charge in [-0.25, -0.2) is 9.97 Å². The molecule has 2 rings (SSSR count). The average molecular weight is 226 g/mol. The Morgan fingerprint density at radius 1 is 1.24 bits per heavy atom. The predicted octanol–water partition coefficient (Wildman–Crippen LogP) is 2.83. The van der Waals surface area contributed by atoms with Crippen molar-refractivity contribution in [3.8, 4) is 11.3 Å². The van der Waals surface area contributed by atoms with E-state index in [1.165, 1.54) is 0 Å². The summed E-state index contributed by atoms with van der Waals surface area (Å²) in [6, 6.07) is 9.37.